The number of aliphatic imine (C=N–C) groups is 1. The standard InChI is InChI=1S/C23H44N4O3/c1-18-14-27(15-19(2)30-18)23(3,4)17-25-22(24-5)26-11-9-20(10-12-26)29-16-21-8-6-7-13-28-21/h18-21H,6-17H2,1-5H3,(H,24,25). The first kappa shape index (κ1) is 23.8. The molecule has 3 heterocycles. The van der Waals surface area contributed by atoms with Gasteiger partial charge in [-0.05, 0) is 59.8 Å². The predicted molar refractivity (Wildman–Crippen MR) is 121 cm³/mol. The molecule has 0 bridgehead atoms. The Bertz CT molecular complexity index is 533. The minimum absolute atomic E-state index is 0.0453. The van der Waals surface area contributed by atoms with Crippen LogP contribution in [0.25, 0.3) is 0 Å². The van der Waals surface area contributed by atoms with Gasteiger partial charge < -0.3 is 24.4 Å². The van der Waals surface area contributed by atoms with Crippen LogP contribution in [-0.2, 0) is 14.2 Å². The molecular weight excluding hydrogens is 380 g/mol. The van der Waals surface area contributed by atoms with E-state index in [4.69, 9.17) is 14.2 Å². The molecule has 3 atom stereocenters. The quantitative estimate of drug-likeness (QED) is 0.522. The molecule has 0 saturated carbocycles. The molecule has 3 aliphatic rings. The molecular formula is C23H44N4O3. The minimum atomic E-state index is 0.0453. The smallest absolute Gasteiger partial charge is 0.193 e. The lowest BCUT2D eigenvalue weighted by Gasteiger charge is -2.45. The number of piperidine rings is 1. The fourth-order valence-electron chi connectivity index (χ4n) is 4.83. The van der Waals surface area contributed by atoms with Crippen molar-refractivity contribution >= 4 is 5.96 Å². The average molecular weight is 425 g/mol. The van der Waals surface area contributed by atoms with Crippen LogP contribution in [0.2, 0.25) is 0 Å². The Morgan fingerprint density at radius 2 is 1.80 bits per heavy atom. The minimum Gasteiger partial charge on any atom is -0.376 e. The van der Waals surface area contributed by atoms with Gasteiger partial charge in [-0.3, -0.25) is 9.89 Å². The highest BCUT2D eigenvalue weighted by Gasteiger charge is 2.34. The number of nitrogens with one attached hydrogen (secondary N) is 1. The molecule has 3 saturated heterocycles. The monoisotopic (exact) mass is 424 g/mol. The SMILES string of the molecule is CN=C(NCC(C)(C)N1CC(C)OC(C)C1)N1CCC(OCC2CCCCO2)CC1. The Morgan fingerprint density at radius 3 is 2.40 bits per heavy atom. The van der Waals surface area contributed by atoms with Gasteiger partial charge in [-0.25, -0.2) is 0 Å². The van der Waals surface area contributed by atoms with Crippen molar-refractivity contribution in [3.8, 4) is 0 Å². The highest BCUT2D eigenvalue weighted by Crippen LogP contribution is 2.21. The van der Waals surface area contributed by atoms with Gasteiger partial charge in [0.15, 0.2) is 5.96 Å². The Labute approximate surface area is 183 Å². The molecule has 3 fully saturated rings. The van der Waals surface area contributed by atoms with Gasteiger partial charge in [0, 0.05) is 51.9 Å². The van der Waals surface area contributed by atoms with Gasteiger partial charge in [0.05, 0.1) is 31.0 Å². The van der Waals surface area contributed by atoms with Crippen LogP contribution in [0.1, 0.15) is 59.8 Å². The number of rotatable bonds is 6. The summed E-state index contributed by atoms with van der Waals surface area (Å²) in [6.07, 6.45) is 6.93. The number of morpholine rings is 1. The van der Waals surface area contributed by atoms with Crippen LogP contribution in [0.5, 0.6) is 0 Å². The summed E-state index contributed by atoms with van der Waals surface area (Å²) in [4.78, 5) is 9.48. The fourth-order valence-corrected chi connectivity index (χ4v) is 4.83. The van der Waals surface area contributed by atoms with E-state index in [0.717, 1.165) is 71.2 Å². The predicted octanol–water partition coefficient (Wildman–Crippen LogP) is 2.50. The third-order valence-corrected chi connectivity index (χ3v) is 6.70. The van der Waals surface area contributed by atoms with Gasteiger partial charge in [0.2, 0.25) is 0 Å². The van der Waals surface area contributed by atoms with Crippen LogP contribution in [0.15, 0.2) is 4.99 Å². The molecule has 1 N–H and O–H groups in total. The van der Waals surface area contributed by atoms with E-state index in [0.29, 0.717) is 12.2 Å². The molecule has 0 spiro atoms. The molecule has 0 radical (unpaired) electrons. The van der Waals surface area contributed by atoms with Gasteiger partial charge in [0.25, 0.3) is 0 Å². The second-order valence-electron chi connectivity index (χ2n) is 9.88. The molecule has 174 valence electrons. The van der Waals surface area contributed by atoms with Crippen LogP contribution in [0.4, 0.5) is 0 Å². The first-order valence-corrected chi connectivity index (χ1v) is 12.0. The molecule has 7 heteroatoms. The summed E-state index contributed by atoms with van der Waals surface area (Å²) in [6.45, 7) is 15.4. The summed E-state index contributed by atoms with van der Waals surface area (Å²) in [7, 11) is 1.89. The summed E-state index contributed by atoms with van der Waals surface area (Å²) in [5.41, 5.74) is 0.0453. The zero-order valence-corrected chi connectivity index (χ0v) is 19.9. The Hall–Kier alpha value is -0.890. The summed E-state index contributed by atoms with van der Waals surface area (Å²) in [5, 5.41) is 3.64. The molecule has 7 nitrogen and oxygen atoms in total. The van der Waals surface area contributed by atoms with Crippen LogP contribution in [-0.4, -0.2) is 98.7 Å². The van der Waals surface area contributed by atoms with Gasteiger partial charge in [-0.2, -0.15) is 0 Å². The number of likely N-dealkylation sites (tertiary alicyclic amines) is 1. The summed E-state index contributed by atoms with van der Waals surface area (Å²) < 4.78 is 17.9. The molecule has 3 rings (SSSR count). The van der Waals surface area contributed by atoms with Gasteiger partial charge in [-0.1, -0.05) is 0 Å². The van der Waals surface area contributed by atoms with Crippen molar-refractivity contribution in [2.24, 2.45) is 4.99 Å². The van der Waals surface area contributed by atoms with Crippen molar-refractivity contribution in [3.05, 3.63) is 0 Å². The van der Waals surface area contributed by atoms with E-state index in [2.05, 4.69) is 47.8 Å². The topological polar surface area (TPSA) is 58.6 Å². The number of nitrogens with zero attached hydrogens (tertiary/aromatic N) is 3. The molecule has 0 aliphatic carbocycles. The maximum Gasteiger partial charge on any atom is 0.193 e. The number of hydrogen-bond acceptors (Lipinski definition) is 5. The van der Waals surface area contributed by atoms with Gasteiger partial charge in [-0.15, -0.1) is 0 Å². The first-order chi connectivity index (χ1) is 14.4. The molecule has 3 unspecified atom stereocenters. The van der Waals surface area contributed by atoms with Crippen molar-refractivity contribution in [2.75, 3.05) is 53.0 Å². The molecule has 30 heavy (non-hydrogen) atoms. The summed E-state index contributed by atoms with van der Waals surface area (Å²) >= 11 is 0. The van der Waals surface area contributed by atoms with Gasteiger partial charge >= 0.3 is 0 Å². The lowest BCUT2D eigenvalue weighted by Crippen LogP contribution is -2.60. The first-order valence-electron chi connectivity index (χ1n) is 12.0. The van der Waals surface area contributed by atoms with E-state index in [1.807, 2.05) is 7.05 Å². The van der Waals surface area contributed by atoms with Crippen molar-refractivity contribution in [3.63, 3.8) is 0 Å². The average Bonchev–Trinajstić information content (AvgIpc) is 2.73. The largest absolute Gasteiger partial charge is 0.376 e. The normalized spacial score (nSPS) is 30.5. The number of guanidine groups is 1. The van der Waals surface area contributed by atoms with Crippen LogP contribution >= 0.6 is 0 Å². The van der Waals surface area contributed by atoms with E-state index in [1.54, 1.807) is 0 Å². The van der Waals surface area contributed by atoms with E-state index >= 15 is 0 Å². The molecule has 0 aromatic carbocycles. The van der Waals surface area contributed by atoms with Crippen LogP contribution < -0.4 is 5.32 Å². The van der Waals surface area contributed by atoms with Gasteiger partial charge in [0.1, 0.15) is 0 Å². The lowest BCUT2D eigenvalue weighted by atomic mass is 10.00. The molecule has 0 amide bonds. The lowest BCUT2D eigenvalue weighted by molar-refractivity contribution is -0.0947. The zero-order valence-electron chi connectivity index (χ0n) is 19.9. The van der Waals surface area contributed by atoms with E-state index in [-0.39, 0.29) is 17.7 Å². The number of hydrogen-bond donors (Lipinski definition) is 1. The highest BCUT2D eigenvalue weighted by atomic mass is 16.5. The molecule has 0 aromatic rings. The van der Waals surface area contributed by atoms with Crippen LogP contribution in [0, 0.1) is 0 Å². The number of ether oxygens (including phenoxy) is 3. The third-order valence-electron chi connectivity index (χ3n) is 6.70. The Kier molecular flexibility index (Phi) is 8.81. The highest BCUT2D eigenvalue weighted by molar-refractivity contribution is 5.80. The van der Waals surface area contributed by atoms with Crippen LogP contribution in [0.3, 0.4) is 0 Å². The Morgan fingerprint density at radius 1 is 1.10 bits per heavy atom. The van der Waals surface area contributed by atoms with E-state index < -0.39 is 0 Å². The zero-order chi connectivity index (χ0) is 21.6. The third kappa shape index (κ3) is 6.81. The van der Waals surface area contributed by atoms with E-state index in [1.165, 1.54) is 12.8 Å². The maximum absolute atomic E-state index is 6.17. The molecule has 3 aliphatic heterocycles. The Balaban J connectivity index is 1.41. The van der Waals surface area contributed by atoms with Crippen molar-refractivity contribution in [1.82, 2.24) is 15.1 Å². The molecule has 0 aromatic heterocycles. The second-order valence-corrected chi connectivity index (χ2v) is 9.88. The summed E-state index contributed by atoms with van der Waals surface area (Å²) in [5.74, 6) is 1.01. The van der Waals surface area contributed by atoms with Crippen molar-refractivity contribution in [1.29, 1.82) is 0 Å². The van der Waals surface area contributed by atoms with Crippen molar-refractivity contribution in [2.45, 2.75) is 89.8 Å². The fraction of sp³-hybridized carbons (Fsp3) is 0.957. The van der Waals surface area contributed by atoms with Crippen molar-refractivity contribution < 1.29 is 14.2 Å². The summed E-state index contributed by atoms with van der Waals surface area (Å²) in [6, 6.07) is 0. The maximum atomic E-state index is 6.17. The second kappa shape index (κ2) is 11.1. The van der Waals surface area contributed by atoms with E-state index in [9.17, 15) is 0 Å².